The van der Waals surface area contributed by atoms with E-state index in [1.54, 1.807) is 24.3 Å². The molecule has 0 aliphatic rings. The van der Waals surface area contributed by atoms with E-state index >= 15 is 0 Å². The minimum Gasteiger partial charge on any atom is -0.494 e. The van der Waals surface area contributed by atoms with Crippen molar-refractivity contribution in [3.05, 3.63) is 58.1 Å². The smallest absolute Gasteiger partial charge is 0.275 e. The number of non-ortho nitro benzene ring substituents is 1. The molecule has 0 radical (unpaired) electrons. The van der Waals surface area contributed by atoms with Crippen molar-refractivity contribution in [2.24, 2.45) is 0 Å². The van der Waals surface area contributed by atoms with E-state index in [2.05, 4.69) is 5.43 Å². The molecule has 2 aromatic rings. The molecule has 2 rings (SSSR count). The average molecular weight is 423 g/mol. The highest BCUT2D eigenvalue weighted by Crippen LogP contribution is 2.21. The summed E-state index contributed by atoms with van der Waals surface area (Å²) < 4.78 is 35.6. The van der Waals surface area contributed by atoms with Crippen LogP contribution >= 0.6 is 0 Å². The van der Waals surface area contributed by atoms with E-state index in [9.17, 15) is 23.3 Å². The Bertz CT molecular complexity index is 991. The molecule has 0 fully saturated rings. The van der Waals surface area contributed by atoms with Gasteiger partial charge in [0.05, 0.1) is 16.4 Å². The molecule has 1 unspecified atom stereocenters. The van der Waals surface area contributed by atoms with E-state index in [4.69, 9.17) is 9.47 Å². The van der Waals surface area contributed by atoms with Crippen LogP contribution in [0.3, 0.4) is 0 Å². The van der Waals surface area contributed by atoms with Crippen LogP contribution in [0.4, 0.5) is 5.69 Å². The van der Waals surface area contributed by atoms with Gasteiger partial charge in [0.1, 0.15) is 11.5 Å². The lowest BCUT2D eigenvalue weighted by atomic mass is 10.2. The Morgan fingerprint density at radius 3 is 2.38 bits per heavy atom. The maximum Gasteiger partial charge on any atom is 0.275 e. The van der Waals surface area contributed by atoms with Crippen molar-refractivity contribution in [2.75, 3.05) is 6.61 Å². The third-order valence-corrected chi connectivity index (χ3v) is 5.19. The molecule has 2 aromatic carbocycles. The summed E-state index contributed by atoms with van der Waals surface area (Å²) in [5, 5.41) is 10.9. The summed E-state index contributed by atoms with van der Waals surface area (Å²) >= 11 is 0. The predicted molar refractivity (Wildman–Crippen MR) is 104 cm³/mol. The number of rotatable bonds is 9. The molecular formula is C18H21N3O7S. The normalized spacial score (nSPS) is 12.1. The van der Waals surface area contributed by atoms with Gasteiger partial charge in [-0.05, 0) is 50.6 Å². The molecule has 0 bridgehead atoms. The number of hydrazine groups is 1. The number of sulfonamides is 1. The van der Waals surface area contributed by atoms with Crippen LogP contribution in [0.15, 0.2) is 47.4 Å². The summed E-state index contributed by atoms with van der Waals surface area (Å²) in [6, 6.07) is 10.0. The summed E-state index contributed by atoms with van der Waals surface area (Å²) in [7, 11) is -4.22. The maximum absolute atomic E-state index is 12.4. The Balaban J connectivity index is 2.01. The van der Waals surface area contributed by atoms with Gasteiger partial charge < -0.3 is 9.47 Å². The average Bonchev–Trinajstić information content (AvgIpc) is 2.67. The van der Waals surface area contributed by atoms with E-state index in [0.29, 0.717) is 18.1 Å². The molecule has 0 aromatic heterocycles. The first-order valence-electron chi connectivity index (χ1n) is 8.60. The predicted octanol–water partition coefficient (Wildman–Crippen LogP) is 2.08. The molecule has 0 aliphatic heterocycles. The fourth-order valence-corrected chi connectivity index (χ4v) is 3.42. The minimum atomic E-state index is -4.22. The SMILES string of the molecule is CCOc1ccc(OC(C)C(=O)NNS(=O)(=O)c2cc([N+](=O)[O-])ccc2C)cc1. The van der Waals surface area contributed by atoms with Crippen molar-refractivity contribution in [1.82, 2.24) is 10.3 Å². The van der Waals surface area contributed by atoms with E-state index < -0.39 is 27.0 Å². The number of benzene rings is 2. The highest BCUT2D eigenvalue weighted by Gasteiger charge is 2.23. The zero-order valence-corrected chi connectivity index (χ0v) is 16.9. The molecule has 0 saturated heterocycles. The number of amides is 1. The zero-order valence-electron chi connectivity index (χ0n) is 16.0. The minimum absolute atomic E-state index is 0.288. The van der Waals surface area contributed by atoms with Crippen LogP contribution in [-0.4, -0.2) is 32.0 Å². The first kappa shape index (κ1) is 22.1. The number of aryl methyl sites for hydroxylation is 1. The monoisotopic (exact) mass is 423 g/mol. The van der Waals surface area contributed by atoms with Crippen LogP contribution in [0.1, 0.15) is 19.4 Å². The Hall–Kier alpha value is -3.18. The van der Waals surface area contributed by atoms with Gasteiger partial charge in [0.15, 0.2) is 6.10 Å². The fourth-order valence-electron chi connectivity index (χ4n) is 2.30. The van der Waals surface area contributed by atoms with Gasteiger partial charge in [0, 0.05) is 12.1 Å². The molecular weight excluding hydrogens is 402 g/mol. The molecule has 0 spiro atoms. The van der Waals surface area contributed by atoms with Crippen molar-refractivity contribution in [3.8, 4) is 11.5 Å². The number of nitro benzene ring substituents is 1. The van der Waals surface area contributed by atoms with Crippen LogP contribution < -0.4 is 19.7 Å². The molecule has 1 amide bonds. The van der Waals surface area contributed by atoms with Gasteiger partial charge in [0.25, 0.3) is 21.6 Å². The summed E-state index contributed by atoms with van der Waals surface area (Å²) in [4.78, 5) is 23.9. The molecule has 156 valence electrons. The summed E-state index contributed by atoms with van der Waals surface area (Å²) in [6.07, 6.45) is -1.01. The molecule has 2 N–H and O–H groups in total. The molecule has 0 aliphatic carbocycles. The zero-order chi connectivity index (χ0) is 21.6. The lowest BCUT2D eigenvalue weighted by Gasteiger charge is -2.16. The van der Waals surface area contributed by atoms with Gasteiger partial charge in [-0.3, -0.25) is 20.3 Å². The van der Waals surface area contributed by atoms with Crippen molar-refractivity contribution < 1.29 is 27.6 Å². The summed E-state index contributed by atoms with van der Waals surface area (Å²) in [5.41, 5.74) is 1.96. The van der Waals surface area contributed by atoms with Crippen molar-refractivity contribution in [2.45, 2.75) is 31.8 Å². The highest BCUT2D eigenvalue weighted by atomic mass is 32.2. The second kappa shape index (κ2) is 9.34. The van der Waals surface area contributed by atoms with Crippen LogP contribution in [-0.2, 0) is 14.8 Å². The van der Waals surface area contributed by atoms with Crippen molar-refractivity contribution in [3.63, 3.8) is 0 Å². The van der Waals surface area contributed by atoms with Crippen LogP contribution in [0.2, 0.25) is 0 Å². The number of carbonyl (C=O) groups excluding carboxylic acids is 1. The number of nitrogens with one attached hydrogen (secondary N) is 2. The third kappa shape index (κ3) is 5.90. The second-order valence-electron chi connectivity index (χ2n) is 5.97. The Kier molecular flexibility index (Phi) is 7.13. The standard InChI is InChI=1S/C18H21N3O7S/c1-4-27-15-7-9-16(10-8-15)28-13(3)18(22)19-20-29(25,26)17-11-14(21(23)24)6-5-12(17)2/h5-11,13,20H,4H2,1-3H3,(H,19,22). The van der Waals surface area contributed by atoms with Crippen LogP contribution in [0.25, 0.3) is 0 Å². The largest absolute Gasteiger partial charge is 0.494 e. The first-order chi connectivity index (χ1) is 13.6. The van der Waals surface area contributed by atoms with Crippen LogP contribution in [0.5, 0.6) is 11.5 Å². The van der Waals surface area contributed by atoms with Gasteiger partial charge in [-0.25, -0.2) is 8.42 Å². The van der Waals surface area contributed by atoms with Gasteiger partial charge in [-0.15, -0.1) is 4.83 Å². The Labute approximate surface area is 168 Å². The molecule has 10 nitrogen and oxygen atoms in total. The number of ether oxygens (including phenoxy) is 2. The fraction of sp³-hybridized carbons (Fsp3) is 0.278. The van der Waals surface area contributed by atoms with Gasteiger partial charge in [-0.2, -0.15) is 0 Å². The Morgan fingerprint density at radius 2 is 1.79 bits per heavy atom. The molecule has 29 heavy (non-hydrogen) atoms. The lowest BCUT2D eigenvalue weighted by Crippen LogP contribution is -2.47. The van der Waals surface area contributed by atoms with E-state index in [-0.39, 0.29) is 16.1 Å². The second-order valence-corrected chi connectivity index (χ2v) is 7.62. The van der Waals surface area contributed by atoms with Crippen molar-refractivity contribution >= 4 is 21.6 Å². The molecule has 0 saturated carbocycles. The number of nitrogens with zero attached hydrogens (tertiary/aromatic N) is 1. The lowest BCUT2D eigenvalue weighted by molar-refractivity contribution is -0.385. The number of nitro groups is 1. The topological polar surface area (TPSA) is 137 Å². The quantitative estimate of drug-likeness (QED) is 0.465. The molecule has 1 atom stereocenters. The van der Waals surface area contributed by atoms with Gasteiger partial charge >= 0.3 is 0 Å². The van der Waals surface area contributed by atoms with E-state index in [1.165, 1.54) is 26.0 Å². The van der Waals surface area contributed by atoms with Crippen molar-refractivity contribution in [1.29, 1.82) is 0 Å². The summed E-state index contributed by atoms with van der Waals surface area (Å²) in [6.45, 7) is 5.30. The highest BCUT2D eigenvalue weighted by molar-refractivity contribution is 7.89. The molecule has 11 heteroatoms. The third-order valence-electron chi connectivity index (χ3n) is 3.80. The number of hydrogen-bond donors (Lipinski definition) is 2. The van der Waals surface area contributed by atoms with Gasteiger partial charge in [0.2, 0.25) is 0 Å². The van der Waals surface area contributed by atoms with E-state index in [1.807, 2.05) is 11.8 Å². The molecule has 0 heterocycles. The number of carbonyl (C=O) groups is 1. The van der Waals surface area contributed by atoms with E-state index in [0.717, 1.165) is 6.07 Å². The van der Waals surface area contributed by atoms with Gasteiger partial charge in [-0.1, -0.05) is 6.07 Å². The maximum atomic E-state index is 12.4. The number of hydrogen-bond acceptors (Lipinski definition) is 7. The van der Waals surface area contributed by atoms with Crippen LogP contribution in [0, 0.1) is 17.0 Å². The summed E-state index contributed by atoms with van der Waals surface area (Å²) in [5.74, 6) is 0.302. The first-order valence-corrected chi connectivity index (χ1v) is 10.1. The Morgan fingerprint density at radius 1 is 1.17 bits per heavy atom.